The minimum Gasteiger partial charge on any atom is -0.451 e. The number of hydrogen-bond donors (Lipinski definition) is 1. The number of furan rings is 1. The van der Waals surface area contributed by atoms with Crippen LogP contribution in [-0.4, -0.2) is 25.7 Å². The Morgan fingerprint density at radius 3 is 2.79 bits per heavy atom. The van der Waals surface area contributed by atoms with Crippen LogP contribution in [0, 0.1) is 13.8 Å². The van der Waals surface area contributed by atoms with Gasteiger partial charge in [0, 0.05) is 16.6 Å². The lowest BCUT2D eigenvalue weighted by molar-refractivity contribution is 0.0998. The van der Waals surface area contributed by atoms with Crippen LogP contribution in [0.5, 0.6) is 0 Å². The van der Waals surface area contributed by atoms with E-state index in [1.54, 1.807) is 10.6 Å². The summed E-state index contributed by atoms with van der Waals surface area (Å²) < 4.78 is 7.37. The van der Waals surface area contributed by atoms with Crippen molar-refractivity contribution in [1.82, 2.24) is 19.8 Å². The Hall–Kier alpha value is -3.52. The fourth-order valence-corrected chi connectivity index (χ4v) is 3.88. The highest BCUT2D eigenvalue weighted by atomic mass is 32.1. The highest BCUT2D eigenvalue weighted by Crippen LogP contribution is 2.29. The van der Waals surface area contributed by atoms with Crippen molar-refractivity contribution in [2.45, 2.75) is 13.8 Å². The normalized spacial score (nSPS) is 11.4. The second-order valence-corrected chi connectivity index (χ2v) is 7.44. The number of nitrogens with one attached hydrogen (secondary N) is 1. The van der Waals surface area contributed by atoms with Gasteiger partial charge in [-0.25, -0.2) is 0 Å². The lowest BCUT2D eigenvalue weighted by Crippen LogP contribution is -2.11. The van der Waals surface area contributed by atoms with E-state index < -0.39 is 0 Å². The fourth-order valence-electron chi connectivity index (χ4n) is 3.00. The zero-order valence-electron chi connectivity index (χ0n) is 15.1. The van der Waals surface area contributed by atoms with E-state index in [1.807, 2.05) is 56.3 Å². The third kappa shape index (κ3) is 2.74. The minimum atomic E-state index is -0.287. The maximum Gasteiger partial charge on any atom is 0.291 e. The van der Waals surface area contributed by atoms with Crippen LogP contribution < -0.4 is 5.32 Å². The topological polar surface area (TPSA) is 85.3 Å². The van der Waals surface area contributed by atoms with Gasteiger partial charge in [0.15, 0.2) is 11.6 Å². The van der Waals surface area contributed by atoms with Gasteiger partial charge in [-0.1, -0.05) is 41.7 Å². The lowest BCUT2D eigenvalue weighted by Gasteiger charge is -2.08. The monoisotopic (exact) mass is 389 g/mol. The molecule has 0 unspecified atom stereocenters. The summed E-state index contributed by atoms with van der Waals surface area (Å²) in [5.74, 6) is 0.730. The zero-order chi connectivity index (χ0) is 19.3. The van der Waals surface area contributed by atoms with Crippen LogP contribution in [0.25, 0.3) is 26.5 Å². The van der Waals surface area contributed by atoms with Gasteiger partial charge in [-0.2, -0.15) is 9.61 Å². The quantitative estimate of drug-likeness (QED) is 0.492. The molecule has 7 nitrogen and oxygen atoms in total. The maximum atomic E-state index is 12.7. The number of amides is 1. The minimum absolute atomic E-state index is 0.278. The maximum absolute atomic E-state index is 12.7. The van der Waals surface area contributed by atoms with Crippen molar-refractivity contribution in [3.63, 3.8) is 0 Å². The van der Waals surface area contributed by atoms with Gasteiger partial charge in [-0.15, -0.1) is 10.2 Å². The van der Waals surface area contributed by atoms with Crippen molar-refractivity contribution in [1.29, 1.82) is 0 Å². The first-order chi connectivity index (χ1) is 13.6. The molecule has 1 N–H and O–H groups in total. The van der Waals surface area contributed by atoms with Crippen molar-refractivity contribution < 1.29 is 9.21 Å². The highest BCUT2D eigenvalue weighted by Gasteiger charge is 2.15. The Labute approximate surface area is 163 Å². The van der Waals surface area contributed by atoms with Crippen LogP contribution in [0.15, 0.2) is 52.9 Å². The van der Waals surface area contributed by atoms with Crippen LogP contribution in [0.1, 0.15) is 21.9 Å². The van der Waals surface area contributed by atoms with Crippen molar-refractivity contribution in [2.75, 3.05) is 5.32 Å². The number of para-hydroxylation sites is 1. The molecule has 0 fully saturated rings. The Bertz CT molecular complexity index is 1310. The van der Waals surface area contributed by atoms with E-state index in [0.29, 0.717) is 11.3 Å². The van der Waals surface area contributed by atoms with Gasteiger partial charge in [0.25, 0.3) is 5.91 Å². The van der Waals surface area contributed by atoms with E-state index in [-0.39, 0.29) is 11.7 Å². The Balaban J connectivity index is 1.47. The third-order valence-corrected chi connectivity index (χ3v) is 5.48. The fraction of sp³-hybridized carbons (Fsp3) is 0.100. The molecule has 2 aromatic carbocycles. The summed E-state index contributed by atoms with van der Waals surface area (Å²) in [6, 6.07) is 15.1. The third-order valence-electron chi connectivity index (χ3n) is 4.53. The van der Waals surface area contributed by atoms with Gasteiger partial charge >= 0.3 is 0 Å². The number of anilines is 1. The summed E-state index contributed by atoms with van der Waals surface area (Å²) in [7, 11) is 0. The molecule has 8 heteroatoms. The first-order valence-electron chi connectivity index (χ1n) is 8.68. The van der Waals surface area contributed by atoms with Crippen LogP contribution in [-0.2, 0) is 0 Å². The molecule has 5 aromatic rings. The largest absolute Gasteiger partial charge is 0.451 e. The SMILES string of the molecule is Cc1ccc(-c2nn3c(C)nnc3s2)cc1NC(=O)c1cc2ccccc2o1. The van der Waals surface area contributed by atoms with E-state index >= 15 is 0 Å². The van der Waals surface area contributed by atoms with Crippen molar-refractivity contribution in [3.05, 3.63) is 65.7 Å². The van der Waals surface area contributed by atoms with Gasteiger partial charge in [0.05, 0.1) is 0 Å². The first-order valence-corrected chi connectivity index (χ1v) is 9.50. The predicted octanol–water partition coefficient (Wildman–Crippen LogP) is 4.47. The second-order valence-electron chi connectivity index (χ2n) is 6.48. The number of hydrogen-bond acceptors (Lipinski definition) is 6. The Morgan fingerprint density at radius 1 is 1.11 bits per heavy atom. The molecule has 0 saturated carbocycles. The molecule has 0 aliphatic rings. The van der Waals surface area contributed by atoms with Crippen LogP contribution in [0.2, 0.25) is 0 Å². The van der Waals surface area contributed by atoms with Gasteiger partial charge in [0.1, 0.15) is 10.6 Å². The Kier molecular flexibility index (Phi) is 3.73. The Morgan fingerprint density at radius 2 is 1.96 bits per heavy atom. The molecule has 3 aromatic heterocycles. The molecule has 5 rings (SSSR count). The van der Waals surface area contributed by atoms with Gasteiger partial charge in [-0.3, -0.25) is 4.79 Å². The van der Waals surface area contributed by atoms with Gasteiger partial charge in [0.2, 0.25) is 4.96 Å². The number of fused-ring (bicyclic) bond motifs is 2. The molecule has 0 atom stereocenters. The number of aromatic nitrogens is 4. The predicted molar refractivity (Wildman–Crippen MR) is 108 cm³/mol. The molecular weight excluding hydrogens is 374 g/mol. The van der Waals surface area contributed by atoms with Crippen molar-refractivity contribution >= 4 is 38.9 Å². The van der Waals surface area contributed by atoms with E-state index in [0.717, 1.165) is 32.3 Å². The molecule has 3 heterocycles. The number of aryl methyl sites for hydroxylation is 2. The molecule has 0 saturated heterocycles. The smallest absolute Gasteiger partial charge is 0.291 e. The van der Waals surface area contributed by atoms with E-state index in [2.05, 4.69) is 20.6 Å². The summed E-state index contributed by atoms with van der Waals surface area (Å²) in [6.07, 6.45) is 0. The molecule has 1 amide bonds. The lowest BCUT2D eigenvalue weighted by atomic mass is 10.1. The second kappa shape index (κ2) is 6.28. The molecule has 0 aliphatic heterocycles. The first kappa shape index (κ1) is 16.6. The van der Waals surface area contributed by atoms with Gasteiger partial charge in [-0.05, 0) is 37.6 Å². The zero-order valence-corrected chi connectivity index (χ0v) is 15.9. The van der Waals surface area contributed by atoms with Crippen molar-refractivity contribution in [3.8, 4) is 10.6 Å². The van der Waals surface area contributed by atoms with Gasteiger partial charge < -0.3 is 9.73 Å². The molecule has 0 radical (unpaired) electrons. The molecule has 0 bridgehead atoms. The number of carbonyl (C=O) groups is 1. The molecule has 28 heavy (non-hydrogen) atoms. The standard InChI is InChI=1S/C20H15N5O2S/c1-11-7-8-14(19-24-25-12(2)22-23-20(25)28-19)9-15(11)21-18(26)17-10-13-5-3-4-6-16(13)27-17/h3-10H,1-2H3,(H,21,26). The van der Waals surface area contributed by atoms with Crippen LogP contribution >= 0.6 is 11.3 Å². The molecule has 0 aliphatic carbocycles. The van der Waals surface area contributed by atoms with Crippen LogP contribution in [0.4, 0.5) is 5.69 Å². The van der Waals surface area contributed by atoms with Crippen LogP contribution in [0.3, 0.4) is 0 Å². The molecule has 0 spiro atoms. The number of rotatable bonds is 3. The summed E-state index contributed by atoms with van der Waals surface area (Å²) in [6.45, 7) is 3.80. The molecule has 138 valence electrons. The summed E-state index contributed by atoms with van der Waals surface area (Å²) in [5, 5.41) is 17.3. The average molecular weight is 389 g/mol. The van der Waals surface area contributed by atoms with E-state index in [9.17, 15) is 4.79 Å². The number of nitrogens with zero attached hydrogens (tertiary/aromatic N) is 4. The highest BCUT2D eigenvalue weighted by molar-refractivity contribution is 7.19. The van der Waals surface area contributed by atoms with Crippen molar-refractivity contribution in [2.24, 2.45) is 0 Å². The van der Waals surface area contributed by atoms with E-state index in [1.165, 1.54) is 11.3 Å². The average Bonchev–Trinajstić information content (AvgIpc) is 3.39. The summed E-state index contributed by atoms with van der Waals surface area (Å²) in [4.78, 5) is 13.4. The van der Waals surface area contributed by atoms with E-state index in [4.69, 9.17) is 4.42 Å². The summed E-state index contributed by atoms with van der Waals surface area (Å²) in [5.41, 5.74) is 3.26. The molecular formula is C20H15N5O2S. The summed E-state index contributed by atoms with van der Waals surface area (Å²) >= 11 is 1.45. The number of carbonyl (C=O) groups excluding carboxylic acids is 1. The number of benzene rings is 2.